The predicted octanol–water partition coefficient (Wildman–Crippen LogP) is 1.86. The molecule has 15 heavy (non-hydrogen) atoms. The minimum absolute atomic E-state index is 0.0223. The number of aromatic amines is 1. The lowest BCUT2D eigenvalue weighted by atomic mass is 9.88. The quantitative estimate of drug-likeness (QED) is 0.716. The third-order valence-electron chi connectivity index (χ3n) is 2.25. The molecule has 0 aromatic carbocycles. The minimum atomic E-state index is -0.155. The smallest absolute Gasteiger partial charge is 0.270 e. The second-order valence-electron chi connectivity index (χ2n) is 4.53. The number of hydrogen-bond donors (Lipinski definition) is 2. The first-order valence-corrected chi connectivity index (χ1v) is 5.55. The Balaban J connectivity index is 2.86. The number of rotatable bonds is 0. The van der Waals surface area contributed by atoms with Crippen molar-refractivity contribution in [2.45, 2.75) is 26.2 Å². The standard InChI is InChI=1S/C10H13N3OS/c1-10(2,3)5-4-15-7-6(5)12-9(11)13-8(7)14/h4H,1-3H3,(H3,11,12,13,14). The number of fused-ring (bicyclic) bond motifs is 1. The summed E-state index contributed by atoms with van der Waals surface area (Å²) in [4.78, 5) is 18.3. The van der Waals surface area contributed by atoms with Gasteiger partial charge in [-0.15, -0.1) is 11.3 Å². The Hall–Kier alpha value is -1.36. The molecule has 0 radical (unpaired) electrons. The van der Waals surface area contributed by atoms with Crippen molar-refractivity contribution in [3.8, 4) is 0 Å². The summed E-state index contributed by atoms with van der Waals surface area (Å²) in [7, 11) is 0. The Morgan fingerprint density at radius 1 is 1.47 bits per heavy atom. The highest BCUT2D eigenvalue weighted by atomic mass is 32.1. The molecule has 4 nitrogen and oxygen atoms in total. The van der Waals surface area contributed by atoms with Gasteiger partial charge in [0.25, 0.3) is 5.56 Å². The Labute approximate surface area is 91.2 Å². The molecule has 0 unspecified atom stereocenters. The van der Waals surface area contributed by atoms with Gasteiger partial charge >= 0.3 is 0 Å². The lowest BCUT2D eigenvalue weighted by Crippen LogP contribution is -2.14. The van der Waals surface area contributed by atoms with Crippen molar-refractivity contribution in [3.05, 3.63) is 21.3 Å². The van der Waals surface area contributed by atoms with Crippen LogP contribution in [0.5, 0.6) is 0 Å². The number of nitrogens with one attached hydrogen (secondary N) is 1. The summed E-state index contributed by atoms with van der Waals surface area (Å²) in [6.45, 7) is 6.27. The van der Waals surface area contributed by atoms with Crippen molar-refractivity contribution in [1.29, 1.82) is 0 Å². The van der Waals surface area contributed by atoms with Crippen LogP contribution in [-0.4, -0.2) is 9.97 Å². The van der Waals surface area contributed by atoms with Gasteiger partial charge in [-0.25, -0.2) is 4.98 Å². The topological polar surface area (TPSA) is 71.8 Å². The number of aromatic nitrogens is 2. The zero-order chi connectivity index (χ0) is 11.2. The monoisotopic (exact) mass is 223 g/mol. The summed E-state index contributed by atoms with van der Waals surface area (Å²) >= 11 is 1.41. The average Bonchev–Trinajstić information content (AvgIpc) is 2.45. The molecule has 2 aromatic heterocycles. The van der Waals surface area contributed by atoms with E-state index in [2.05, 4.69) is 30.7 Å². The van der Waals surface area contributed by atoms with Crippen LogP contribution in [0.2, 0.25) is 0 Å². The van der Waals surface area contributed by atoms with E-state index < -0.39 is 0 Å². The SMILES string of the molecule is CC(C)(C)c1csc2c(=O)[nH]c(N)nc12. The van der Waals surface area contributed by atoms with E-state index in [-0.39, 0.29) is 16.9 Å². The molecular weight excluding hydrogens is 210 g/mol. The van der Waals surface area contributed by atoms with Gasteiger partial charge in [0, 0.05) is 0 Å². The molecule has 0 fully saturated rings. The van der Waals surface area contributed by atoms with Crippen molar-refractivity contribution in [2.75, 3.05) is 5.73 Å². The molecule has 0 spiro atoms. The molecule has 2 heterocycles. The minimum Gasteiger partial charge on any atom is -0.369 e. The Morgan fingerprint density at radius 3 is 2.73 bits per heavy atom. The third kappa shape index (κ3) is 1.63. The summed E-state index contributed by atoms with van der Waals surface area (Å²) < 4.78 is 0.647. The summed E-state index contributed by atoms with van der Waals surface area (Å²) in [6.07, 6.45) is 0. The molecule has 2 rings (SSSR count). The van der Waals surface area contributed by atoms with Crippen molar-refractivity contribution in [2.24, 2.45) is 0 Å². The summed E-state index contributed by atoms with van der Waals surface area (Å²) in [5, 5.41) is 1.98. The van der Waals surface area contributed by atoms with E-state index >= 15 is 0 Å². The van der Waals surface area contributed by atoms with Gasteiger partial charge in [0.15, 0.2) is 0 Å². The van der Waals surface area contributed by atoms with Crippen LogP contribution in [0.1, 0.15) is 26.3 Å². The molecule has 0 saturated heterocycles. The first kappa shape index (κ1) is 10.2. The van der Waals surface area contributed by atoms with Crippen LogP contribution in [0.15, 0.2) is 10.2 Å². The zero-order valence-corrected chi connectivity index (χ0v) is 9.73. The van der Waals surface area contributed by atoms with Gasteiger partial charge in [-0.05, 0) is 16.4 Å². The normalized spacial score (nSPS) is 12.2. The van der Waals surface area contributed by atoms with E-state index in [1.165, 1.54) is 11.3 Å². The van der Waals surface area contributed by atoms with Crippen LogP contribution in [-0.2, 0) is 5.41 Å². The molecule has 0 aliphatic rings. The predicted molar refractivity (Wildman–Crippen MR) is 63.4 cm³/mol. The van der Waals surface area contributed by atoms with Crippen molar-refractivity contribution in [3.63, 3.8) is 0 Å². The van der Waals surface area contributed by atoms with Crippen LogP contribution in [0, 0.1) is 0 Å². The van der Waals surface area contributed by atoms with Crippen LogP contribution in [0.4, 0.5) is 5.95 Å². The fraction of sp³-hybridized carbons (Fsp3) is 0.400. The number of anilines is 1. The molecule has 2 aromatic rings. The van der Waals surface area contributed by atoms with Crippen LogP contribution < -0.4 is 11.3 Å². The number of nitrogens with two attached hydrogens (primary N) is 1. The maximum Gasteiger partial charge on any atom is 0.270 e. The van der Waals surface area contributed by atoms with E-state index in [1.54, 1.807) is 0 Å². The van der Waals surface area contributed by atoms with Gasteiger partial charge in [-0.1, -0.05) is 20.8 Å². The van der Waals surface area contributed by atoms with Crippen LogP contribution in [0.25, 0.3) is 10.2 Å². The van der Waals surface area contributed by atoms with Gasteiger partial charge < -0.3 is 5.73 Å². The molecule has 0 saturated carbocycles. The van der Waals surface area contributed by atoms with Gasteiger partial charge in [-0.3, -0.25) is 9.78 Å². The van der Waals surface area contributed by atoms with E-state index in [0.29, 0.717) is 4.70 Å². The fourth-order valence-electron chi connectivity index (χ4n) is 1.48. The first-order chi connectivity index (χ1) is 6.89. The van der Waals surface area contributed by atoms with E-state index in [9.17, 15) is 4.79 Å². The maximum atomic E-state index is 11.6. The second kappa shape index (κ2) is 3.06. The van der Waals surface area contributed by atoms with Crippen LogP contribution >= 0.6 is 11.3 Å². The third-order valence-corrected chi connectivity index (χ3v) is 3.22. The summed E-state index contributed by atoms with van der Waals surface area (Å²) in [5.74, 6) is 0.177. The molecule has 3 N–H and O–H groups in total. The first-order valence-electron chi connectivity index (χ1n) is 4.67. The molecule has 5 heteroatoms. The van der Waals surface area contributed by atoms with E-state index in [0.717, 1.165) is 11.1 Å². The van der Waals surface area contributed by atoms with Crippen molar-refractivity contribution in [1.82, 2.24) is 9.97 Å². The highest BCUT2D eigenvalue weighted by molar-refractivity contribution is 7.17. The highest BCUT2D eigenvalue weighted by Crippen LogP contribution is 2.31. The Bertz CT molecular complexity index is 562. The molecule has 0 aliphatic heterocycles. The Kier molecular flexibility index (Phi) is 2.08. The fourth-order valence-corrected chi connectivity index (χ4v) is 2.60. The van der Waals surface area contributed by atoms with Crippen LogP contribution in [0.3, 0.4) is 0 Å². The summed E-state index contributed by atoms with van der Waals surface area (Å²) in [6, 6.07) is 0. The lowest BCUT2D eigenvalue weighted by Gasteiger charge is -2.16. The number of thiophene rings is 1. The average molecular weight is 223 g/mol. The molecule has 80 valence electrons. The van der Waals surface area contributed by atoms with Gasteiger partial charge in [0.05, 0.1) is 5.52 Å². The molecule has 0 aliphatic carbocycles. The number of H-pyrrole nitrogens is 1. The summed E-state index contributed by atoms with van der Waals surface area (Å²) in [5.41, 5.74) is 7.16. The lowest BCUT2D eigenvalue weighted by molar-refractivity contribution is 0.596. The van der Waals surface area contributed by atoms with Gasteiger partial charge in [-0.2, -0.15) is 0 Å². The largest absolute Gasteiger partial charge is 0.369 e. The number of nitrogens with zero attached hydrogens (tertiary/aromatic N) is 1. The van der Waals surface area contributed by atoms with Gasteiger partial charge in [0.2, 0.25) is 5.95 Å². The number of hydrogen-bond acceptors (Lipinski definition) is 4. The molecular formula is C10H13N3OS. The van der Waals surface area contributed by atoms with Crippen molar-refractivity contribution < 1.29 is 0 Å². The number of nitrogen functional groups attached to an aromatic ring is 1. The second-order valence-corrected chi connectivity index (χ2v) is 5.41. The zero-order valence-electron chi connectivity index (χ0n) is 8.92. The molecule has 0 atom stereocenters. The Morgan fingerprint density at radius 2 is 2.13 bits per heavy atom. The highest BCUT2D eigenvalue weighted by Gasteiger charge is 2.20. The van der Waals surface area contributed by atoms with E-state index in [4.69, 9.17) is 5.73 Å². The molecule has 0 amide bonds. The van der Waals surface area contributed by atoms with Gasteiger partial charge in [0.1, 0.15) is 4.70 Å². The maximum absolute atomic E-state index is 11.6. The molecule has 0 bridgehead atoms. The van der Waals surface area contributed by atoms with Crippen molar-refractivity contribution >= 4 is 27.5 Å². The van der Waals surface area contributed by atoms with E-state index in [1.807, 2.05) is 5.38 Å².